The molecule has 3 heterocycles. The Morgan fingerprint density at radius 3 is 2.81 bits per heavy atom. The maximum Gasteiger partial charge on any atom is 0.328 e. The lowest BCUT2D eigenvalue weighted by molar-refractivity contribution is -0.131. The van der Waals surface area contributed by atoms with Gasteiger partial charge in [-0.05, 0) is 32.1 Å². The van der Waals surface area contributed by atoms with E-state index in [2.05, 4.69) is 9.97 Å². The number of hydrogen-bond acceptors (Lipinski definition) is 3. The summed E-state index contributed by atoms with van der Waals surface area (Å²) < 4.78 is 3.72. The van der Waals surface area contributed by atoms with Gasteiger partial charge in [0.15, 0.2) is 5.82 Å². The zero-order valence-corrected chi connectivity index (χ0v) is 11.7. The van der Waals surface area contributed by atoms with Crippen LogP contribution in [-0.2, 0) is 4.79 Å². The van der Waals surface area contributed by atoms with E-state index in [0.29, 0.717) is 11.5 Å². The Morgan fingerprint density at radius 1 is 1.33 bits per heavy atom. The molecule has 0 aliphatic carbocycles. The summed E-state index contributed by atoms with van der Waals surface area (Å²) in [4.78, 5) is 19.7. The van der Waals surface area contributed by atoms with E-state index >= 15 is 0 Å². The number of aryl methyl sites for hydroxylation is 1. The Bertz CT molecular complexity index is 858. The second kappa shape index (κ2) is 4.90. The quantitative estimate of drug-likeness (QED) is 0.748. The normalized spacial score (nSPS) is 11.5. The number of fused-ring (bicyclic) bond motifs is 1. The second-order valence-electron chi connectivity index (χ2n) is 4.71. The van der Waals surface area contributed by atoms with Crippen LogP contribution in [0.15, 0.2) is 36.8 Å². The monoisotopic (exact) mass is 282 g/mol. The van der Waals surface area contributed by atoms with E-state index < -0.39 is 5.97 Å². The van der Waals surface area contributed by atoms with E-state index in [1.165, 1.54) is 0 Å². The van der Waals surface area contributed by atoms with Crippen molar-refractivity contribution in [2.75, 3.05) is 0 Å². The molecule has 0 unspecified atom stereocenters. The molecule has 0 atom stereocenters. The second-order valence-corrected chi connectivity index (χ2v) is 4.71. The molecule has 0 fully saturated rings. The van der Waals surface area contributed by atoms with Crippen LogP contribution in [0.25, 0.3) is 17.5 Å². The summed E-state index contributed by atoms with van der Waals surface area (Å²) in [7, 11) is 0. The van der Waals surface area contributed by atoms with Gasteiger partial charge in [0.25, 0.3) is 0 Å². The van der Waals surface area contributed by atoms with Crippen LogP contribution in [0.5, 0.6) is 0 Å². The first-order chi connectivity index (χ1) is 10.1. The van der Waals surface area contributed by atoms with E-state index in [4.69, 9.17) is 5.11 Å². The summed E-state index contributed by atoms with van der Waals surface area (Å²) in [6.07, 6.45) is 6.21. The third kappa shape index (κ3) is 2.20. The van der Waals surface area contributed by atoms with Crippen molar-refractivity contribution in [2.24, 2.45) is 0 Å². The van der Waals surface area contributed by atoms with Crippen LogP contribution >= 0.6 is 0 Å². The minimum Gasteiger partial charge on any atom is -0.478 e. The van der Waals surface area contributed by atoms with Crippen molar-refractivity contribution in [1.82, 2.24) is 18.9 Å². The highest BCUT2D eigenvalue weighted by molar-refractivity contribution is 5.86. The highest BCUT2D eigenvalue weighted by Gasteiger charge is 2.14. The number of nitrogens with zero attached hydrogens (tertiary/aromatic N) is 4. The molecule has 6 nitrogen and oxygen atoms in total. The fourth-order valence-corrected chi connectivity index (χ4v) is 2.20. The first kappa shape index (κ1) is 13.1. The minimum atomic E-state index is -0.995. The van der Waals surface area contributed by atoms with Crippen molar-refractivity contribution in [3.63, 3.8) is 0 Å². The third-order valence-corrected chi connectivity index (χ3v) is 3.41. The maximum atomic E-state index is 10.8. The lowest BCUT2D eigenvalue weighted by Gasteiger charge is -2.03. The summed E-state index contributed by atoms with van der Waals surface area (Å²) in [6.45, 7) is 3.88. The summed E-state index contributed by atoms with van der Waals surface area (Å²) in [5.41, 5.74) is 3.35. The predicted molar refractivity (Wildman–Crippen MR) is 78.5 cm³/mol. The largest absolute Gasteiger partial charge is 0.478 e. The molecule has 3 aromatic rings. The molecule has 106 valence electrons. The van der Waals surface area contributed by atoms with Crippen molar-refractivity contribution in [1.29, 1.82) is 0 Å². The van der Waals surface area contributed by atoms with Crippen LogP contribution in [0.1, 0.15) is 17.1 Å². The Labute approximate surface area is 121 Å². The van der Waals surface area contributed by atoms with Crippen molar-refractivity contribution in [3.8, 4) is 5.82 Å². The van der Waals surface area contributed by atoms with Gasteiger partial charge in [0.2, 0.25) is 0 Å². The highest BCUT2D eigenvalue weighted by Crippen LogP contribution is 2.21. The molecule has 0 aliphatic heterocycles. The van der Waals surface area contributed by atoms with Gasteiger partial charge in [0.05, 0.1) is 11.4 Å². The number of aromatic nitrogens is 4. The van der Waals surface area contributed by atoms with Crippen molar-refractivity contribution in [2.45, 2.75) is 13.8 Å². The van der Waals surface area contributed by atoms with Crippen LogP contribution in [0, 0.1) is 13.8 Å². The van der Waals surface area contributed by atoms with Crippen LogP contribution in [0.2, 0.25) is 0 Å². The number of carboxylic acid groups (broad SMARTS) is 1. The SMILES string of the molecule is Cc1ncn(-c2nc3ccccn3c2C=CC(=O)O)c1C. The summed E-state index contributed by atoms with van der Waals surface area (Å²) in [5.74, 6) is -0.331. The molecule has 0 aliphatic rings. The highest BCUT2D eigenvalue weighted by atomic mass is 16.4. The maximum absolute atomic E-state index is 10.8. The van der Waals surface area contributed by atoms with Gasteiger partial charge in [-0.25, -0.2) is 14.8 Å². The predicted octanol–water partition coefficient (Wildman–Crippen LogP) is 2.23. The molecule has 6 heteroatoms. The number of imidazole rings is 2. The van der Waals surface area contributed by atoms with E-state index in [1.54, 1.807) is 12.4 Å². The molecule has 0 bridgehead atoms. The molecule has 0 saturated carbocycles. The average Bonchev–Trinajstić information content (AvgIpc) is 2.98. The zero-order valence-electron chi connectivity index (χ0n) is 11.7. The number of hydrogen-bond donors (Lipinski definition) is 1. The van der Waals surface area contributed by atoms with Crippen LogP contribution in [-0.4, -0.2) is 30.0 Å². The molecule has 0 amide bonds. The molecule has 3 aromatic heterocycles. The smallest absolute Gasteiger partial charge is 0.328 e. The van der Waals surface area contributed by atoms with Crippen molar-refractivity contribution in [3.05, 3.63) is 53.9 Å². The van der Waals surface area contributed by atoms with Crippen molar-refractivity contribution >= 4 is 17.7 Å². The van der Waals surface area contributed by atoms with Crippen LogP contribution < -0.4 is 0 Å². The zero-order chi connectivity index (χ0) is 15.0. The van der Waals surface area contributed by atoms with E-state index in [9.17, 15) is 4.79 Å². The van der Waals surface area contributed by atoms with E-state index in [-0.39, 0.29) is 0 Å². The lowest BCUT2D eigenvalue weighted by atomic mass is 10.3. The first-order valence-electron chi connectivity index (χ1n) is 6.47. The average molecular weight is 282 g/mol. The molecule has 0 aromatic carbocycles. The Hall–Kier alpha value is -2.89. The van der Waals surface area contributed by atoms with Crippen LogP contribution in [0.4, 0.5) is 0 Å². The topological polar surface area (TPSA) is 72.4 Å². The third-order valence-electron chi connectivity index (χ3n) is 3.41. The molecular formula is C15H14N4O2. The number of pyridine rings is 1. The van der Waals surface area contributed by atoms with Crippen LogP contribution in [0.3, 0.4) is 0 Å². The molecule has 1 N–H and O–H groups in total. The van der Waals surface area contributed by atoms with Gasteiger partial charge in [-0.1, -0.05) is 6.07 Å². The first-order valence-corrected chi connectivity index (χ1v) is 6.47. The van der Waals surface area contributed by atoms with E-state index in [1.807, 2.05) is 47.2 Å². The standard InChI is InChI=1S/C15H14N4O2/c1-10-11(2)19(9-16-10)15-12(6-7-14(20)21)18-8-4-3-5-13(18)17-15/h3-9H,1-2H3,(H,20,21). The Balaban J connectivity index is 2.28. The Morgan fingerprint density at radius 2 is 2.14 bits per heavy atom. The number of carbonyl (C=O) groups is 1. The molecule has 0 saturated heterocycles. The van der Waals surface area contributed by atoms with Gasteiger partial charge in [-0.3, -0.25) is 8.97 Å². The van der Waals surface area contributed by atoms with Gasteiger partial charge >= 0.3 is 5.97 Å². The minimum absolute atomic E-state index is 0.664. The Kier molecular flexibility index (Phi) is 3.06. The molecule has 3 rings (SSSR count). The fourth-order valence-electron chi connectivity index (χ4n) is 2.20. The van der Waals surface area contributed by atoms with Gasteiger partial charge < -0.3 is 5.11 Å². The van der Waals surface area contributed by atoms with Gasteiger partial charge in [0.1, 0.15) is 12.0 Å². The van der Waals surface area contributed by atoms with Gasteiger partial charge in [-0.2, -0.15) is 0 Å². The number of carboxylic acids is 1. The number of rotatable bonds is 3. The van der Waals surface area contributed by atoms with Gasteiger partial charge in [-0.15, -0.1) is 0 Å². The fraction of sp³-hybridized carbons (Fsp3) is 0.133. The molecule has 0 spiro atoms. The van der Waals surface area contributed by atoms with Gasteiger partial charge in [0, 0.05) is 18.0 Å². The number of aliphatic carboxylic acids is 1. The summed E-state index contributed by atoms with van der Waals surface area (Å²) in [6, 6.07) is 5.64. The summed E-state index contributed by atoms with van der Waals surface area (Å²) >= 11 is 0. The molecule has 0 radical (unpaired) electrons. The lowest BCUT2D eigenvalue weighted by Crippen LogP contribution is -1.99. The summed E-state index contributed by atoms with van der Waals surface area (Å²) in [5, 5.41) is 8.87. The van der Waals surface area contributed by atoms with E-state index in [0.717, 1.165) is 23.1 Å². The molecule has 21 heavy (non-hydrogen) atoms. The van der Waals surface area contributed by atoms with Crippen molar-refractivity contribution < 1.29 is 9.90 Å². The molecular weight excluding hydrogens is 268 g/mol.